The summed E-state index contributed by atoms with van der Waals surface area (Å²) in [6, 6.07) is 7.53. The fourth-order valence-corrected chi connectivity index (χ4v) is 1.19. The highest BCUT2D eigenvalue weighted by atomic mass is 16.5. The zero-order valence-corrected chi connectivity index (χ0v) is 10.9. The molecule has 0 aromatic heterocycles. The molecule has 0 bridgehead atoms. The summed E-state index contributed by atoms with van der Waals surface area (Å²) in [4.78, 5) is 0. The number of hydroxylamine groups is 1. The molecule has 1 aromatic carbocycles. The van der Waals surface area contributed by atoms with Crippen molar-refractivity contribution in [1.82, 2.24) is 0 Å². The van der Waals surface area contributed by atoms with Crippen molar-refractivity contribution >= 4 is 6.21 Å². The van der Waals surface area contributed by atoms with Gasteiger partial charge in [0.15, 0.2) is 11.8 Å². The normalized spacial score (nSPS) is 11.9. The summed E-state index contributed by atoms with van der Waals surface area (Å²) in [5, 5.41) is 11.8. The number of hydrogen-bond donors (Lipinski definition) is 0. The lowest BCUT2D eigenvalue weighted by Gasteiger charge is -2.19. The van der Waals surface area contributed by atoms with Gasteiger partial charge in [0.1, 0.15) is 5.75 Å². The smallest absolute Gasteiger partial charge is 0.186 e. The van der Waals surface area contributed by atoms with Gasteiger partial charge in [-0.15, -0.1) is 0 Å². The molecule has 1 aromatic rings. The Hall–Kier alpha value is -1.55. The van der Waals surface area contributed by atoms with E-state index in [1.165, 1.54) is 0 Å². The monoisotopic (exact) mass is 239 g/mol. The van der Waals surface area contributed by atoms with Crippen molar-refractivity contribution in [3.8, 4) is 5.75 Å². The second kappa shape index (κ2) is 6.25. The molecule has 1 rings (SSSR count). The van der Waals surface area contributed by atoms with E-state index in [9.17, 15) is 5.21 Å². The molecule has 0 saturated heterocycles. The lowest BCUT2D eigenvalue weighted by molar-refractivity contribution is -0.530. The van der Waals surface area contributed by atoms with Gasteiger partial charge in [0.2, 0.25) is 0 Å². The van der Waals surface area contributed by atoms with Gasteiger partial charge in [0.25, 0.3) is 0 Å². The van der Waals surface area contributed by atoms with Crippen LogP contribution >= 0.6 is 0 Å². The first-order chi connectivity index (χ1) is 7.45. The molecule has 17 heavy (non-hydrogen) atoms. The number of rotatable bonds is 3. The van der Waals surface area contributed by atoms with Gasteiger partial charge >= 0.3 is 0 Å². The quantitative estimate of drug-likeness (QED) is 0.350. The standard InChI is InChI=1S/C13H19NO2.H2O/c1-5-16-12-9-7-6-8-11(12)10-14(15)13(2,3)4;/h6-10H,5H2,1-4H3;1H2. The first kappa shape index (κ1) is 15.4. The largest absolute Gasteiger partial charge is 0.623 e. The number of nitrogens with zero attached hydrogens (tertiary/aromatic N) is 1. The summed E-state index contributed by atoms with van der Waals surface area (Å²) in [7, 11) is 0. The molecule has 0 fully saturated rings. The fourth-order valence-electron chi connectivity index (χ4n) is 1.19. The van der Waals surface area contributed by atoms with Gasteiger partial charge in [-0.05, 0) is 19.1 Å². The SMILES string of the molecule is CCOc1ccccc1C=[N+]([O-])C(C)(C)C.O. The maximum Gasteiger partial charge on any atom is 0.186 e. The molecule has 4 nitrogen and oxygen atoms in total. The van der Waals surface area contributed by atoms with Crippen LogP contribution in [0, 0.1) is 5.21 Å². The van der Waals surface area contributed by atoms with Gasteiger partial charge in [0.05, 0.1) is 12.2 Å². The first-order valence-corrected chi connectivity index (χ1v) is 5.48. The third kappa shape index (κ3) is 4.44. The molecule has 0 amide bonds. The number of para-hydroxylation sites is 1. The number of benzene rings is 1. The zero-order valence-electron chi connectivity index (χ0n) is 10.9. The molecule has 0 aliphatic heterocycles. The Morgan fingerprint density at radius 2 is 1.88 bits per heavy atom. The van der Waals surface area contributed by atoms with Gasteiger partial charge in [-0.25, -0.2) is 4.74 Å². The van der Waals surface area contributed by atoms with Crippen molar-refractivity contribution < 1.29 is 15.0 Å². The highest BCUT2D eigenvalue weighted by Crippen LogP contribution is 2.16. The average molecular weight is 239 g/mol. The van der Waals surface area contributed by atoms with Crippen LogP contribution in [0.5, 0.6) is 5.75 Å². The summed E-state index contributed by atoms with van der Waals surface area (Å²) in [5.74, 6) is 0.745. The topological polar surface area (TPSA) is 66.8 Å². The van der Waals surface area contributed by atoms with Gasteiger partial charge in [-0.2, -0.15) is 0 Å². The van der Waals surface area contributed by atoms with Crippen molar-refractivity contribution in [2.75, 3.05) is 6.61 Å². The zero-order chi connectivity index (χ0) is 12.2. The summed E-state index contributed by atoms with van der Waals surface area (Å²) >= 11 is 0. The van der Waals surface area contributed by atoms with Crippen LogP contribution in [0.1, 0.15) is 33.3 Å². The van der Waals surface area contributed by atoms with Gasteiger partial charge < -0.3 is 15.4 Å². The Balaban J connectivity index is 0.00000256. The molecule has 0 saturated carbocycles. The maximum atomic E-state index is 11.8. The highest BCUT2D eigenvalue weighted by molar-refractivity contribution is 5.80. The van der Waals surface area contributed by atoms with E-state index in [2.05, 4.69) is 0 Å². The van der Waals surface area contributed by atoms with E-state index in [0.29, 0.717) is 6.61 Å². The Morgan fingerprint density at radius 3 is 2.41 bits per heavy atom. The molecule has 2 N–H and O–H groups in total. The third-order valence-corrected chi connectivity index (χ3v) is 2.14. The molecule has 0 spiro atoms. The number of hydrogen-bond acceptors (Lipinski definition) is 2. The molecule has 0 heterocycles. The maximum absolute atomic E-state index is 11.8. The Labute approximate surface area is 102 Å². The molecule has 0 unspecified atom stereocenters. The van der Waals surface area contributed by atoms with Gasteiger partial charge in [0, 0.05) is 20.8 Å². The molecular formula is C13H21NO3. The Bertz CT molecular complexity index is 380. The molecular weight excluding hydrogens is 218 g/mol. The van der Waals surface area contributed by atoms with E-state index in [-0.39, 0.29) is 5.48 Å². The number of ether oxygens (including phenoxy) is 1. The fraction of sp³-hybridized carbons (Fsp3) is 0.462. The van der Waals surface area contributed by atoms with Crippen LogP contribution in [-0.2, 0) is 0 Å². The van der Waals surface area contributed by atoms with E-state index in [4.69, 9.17) is 4.74 Å². The van der Waals surface area contributed by atoms with E-state index in [0.717, 1.165) is 16.1 Å². The van der Waals surface area contributed by atoms with Crippen LogP contribution in [0.25, 0.3) is 0 Å². The Kier molecular flexibility index (Phi) is 5.68. The predicted molar refractivity (Wildman–Crippen MR) is 69.8 cm³/mol. The Morgan fingerprint density at radius 1 is 1.29 bits per heavy atom. The minimum atomic E-state index is -0.431. The molecule has 0 radical (unpaired) electrons. The van der Waals surface area contributed by atoms with E-state index < -0.39 is 5.54 Å². The molecule has 0 atom stereocenters. The summed E-state index contributed by atoms with van der Waals surface area (Å²) in [6.07, 6.45) is 1.57. The van der Waals surface area contributed by atoms with Crippen molar-refractivity contribution in [2.24, 2.45) is 0 Å². The predicted octanol–water partition coefficient (Wildman–Crippen LogP) is 1.99. The van der Waals surface area contributed by atoms with E-state index >= 15 is 0 Å². The van der Waals surface area contributed by atoms with E-state index in [1.807, 2.05) is 52.0 Å². The minimum absolute atomic E-state index is 0. The summed E-state index contributed by atoms with van der Waals surface area (Å²) in [6.45, 7) is 8.15. The third-order valence-electron chi connectivity index (χ3n) is 2.14. The van der Waals surface area contributed by atoms with Crippen molar-refractivity contribution in [3.63, 3.8) is 0 Å². The molecule has 0 aliphatic rings. The van der Waals surface area contributed by atoms with Crippen molar-refractivity contribution in [1.29, 1.82) is 0 Å². The first-order valence-electron chi connectivity index (χ1n) is 5.48. The molecule has 4 heteroatoms. The van der Waals surface area contributed by atoms with Crippen molar-refractivity contribution in [3.05, 3.63) is 35.0 Å². The second-order valence-corrected chi connectivity index (χ2v) is 4.60. The lowest BCUT2D eigenvalue weighted by atomic mass is 10.1. The van der Waals surface area contributed by atoms with Crippen LogP contribution in [0.2, 0.25) is 0 Å². The van der Waals surface area contributed by atoms with Crippen LogP contribution in [0.4, 0.5) is 0 Å². The minimum Gasteiger partial charge on any atom is -0.623 e. The summed E-state index contributed by atoms with van der Waals surface area (Å²) < 4.78 is 6.40. The van der Waals surface area contributed by atoms with Crippen molar-refractivity contribution in [2.45, 2.75) is 33.2 Å². The van der Waals surface area contributed by atoms with E-state index in [1.54, 1.807) is 6.21 Å². The van der Waals surface area contributed by atoms with Gasteiger partial charge in [-0.3, -0.25) is 0 Å². The second-order valence-electron chi connectivity index (χ2n) is 4.60. The van der Waals surface area contributed by atoms with Crippen LogP contribution in [-0.4, -0.2) is 28.6 Å². The van der Waals surface area contributed by atoms with Crippen LogP contribution in [0.3, 0.4) is 0 Å². The molecule has 96 valence electrons. The van der Waals surface area contributed by atoms with Crippen LogP contribution < -0.4 is 4.74 Å². The molecule has 0 aliphatic carbocycles. The van der Waals surface area contributed by atoms with Crippen LogP contribution in [0.15, 0.2) is 24.3 Å². The summed E-state index contributed by atoms with van der Waals surface area (Å²) in [5.41, 5.74) is 0.383. The van der Waals surface area contributed by atoms with Gasteiger partial charge in [-0.1, -0.05) is 12.1 Å². The highest BCUT2D eigenvalue weighted by Gasteiger charge is 2.18. The lowest BCUT2D eigenvalue weighted by Crippen LogP contribution is -2.29. The average Bonchev–Trinajstić information content (AvgIpc) is 2.20.